The minimum atomic E-state index is -3.62. The molecular formula is C20H27N3O3S. The normalized spacial score (nSPS) is 11.9. The molecule has 0 bridgehead atoms. The fraction of sp³-hybridized carbons (Fsp3) is 0.350. The average molecular weight is 390 g/mol. The van der Waals surface area contributed by atoms with E-state index in [1.165, 1.54) is 24.3 Å². The first-order valence-corrected chi connectivity index (χ1v) is 10.1. The Bertz CT molecular complexity index is 899. The molecule has 7 heteroatoms. The van der Waals surface area contributed by atoms with E-state index >= 15 is 0 Å². The van der Waals surface area contributed by atoms with Crippen LogP contribution in [-0.4, -0.2) is 34.0 Å². The van der Waals surface area contributed by atoms with Crippen molar-refractivity contribution in [2.24, 2.45) is 0 Å². The topological polar surface area (TPSA) is 78.5 Å². The largest absolute Gasteiger partial charge is 0.378 e. The van der Waals surface area contributed by atoms with E-state index in [4.69, 9.17) is 0 Å². The van der Waals surface area contributed by atoms with Crippen molar-refractivity contribution < 1.29 is 13.2 Å². The van der Waals surface area contributed by atoms with Crippen molar-refractivity contribution in [1.29, 1.82) is 0 Å². The Morgan fingerprint density at radius 3 is 2.22 bits per heavy atom. The van der Waals surface area contributed by atoms with Crippen molar-refractivity contribution in [3.63, 3.8) is 0 Å². The van der Waals surface area contributed by atoms with E-state index in [1.54, 1.807) is 20.8 Å². The maximum Gasteiger partial charge on any atom is 0.251 e. The monoisotopic (exact) mass is 389 g/mol. The highest BCUT2D eigenvalue weighted by Gasteiger charge is 2.22. The predicted octanol–water partition coefficient (Wildman–Crippen LogP) is 2.76. The number of nitrogens with one attached hydrogen (secondary N) is 2. The molecule has 0 fully saturated rings. The van der Waals surface area contributed by atoms with Gasteiger partial charge in [0.1, 0.15) is 0 Å². The van der Waals surface area contributed by atoms with Gasteiger partial charge < -0.3 is 10.2 Å². The second kappa shape index (κ2) is 8.10. The summed E-state index contributed by atoms with van der Waals surface area (Å²) >= 11 is 0. The van der Waals surface area contributed by atoms with E-state index < -0.39 is 15.6 Å². The van der Waals surface area contributed by atoms with Crippen molar-refractivity contribution in [1.82, 2.24) is 10.0 Å². The van der Waals surface area contributed by atoms with Gasteiger partial charge in [-0.25, -0.2) is 13.1 Å². The average Bonchev–Trinajstić information content (AvgIpc) is 2.58. The molecule has 146 valence electrons. The van der Waals surface area contributed by atoms with Crippen LogP contribution in [0, 0.1) is 0 Å². The Morgan fingerprint density at radius 2 is 1.67 bits per heavy atom. The molecule has 0 radical (unpaired) electrons. The van der Waals surface area contributed by atoms with Gasteiger partial charge in [0.2, 0.25) is 10.0 Å². The van der Waals surface area contributed by atoms with E-state index in [0.29, 0.717) is 12.1 Å². The number of hydrogen-bond acceptors (Lipinski definition) is 4. The molecule has 0 unspecified atom stereocenters. The molecule has 2 aromatic carbocycles. The van der Waals surface area contributed by atoms with Crippen LogP contribution in [0.3, 0.4) is 0 Å². The number of sulfonamides is 1. The van der Waals surface area contributed by atoms with Gasteiger partial charge in [-0.1, -0.05) is 12.1 Å². The SMILES string of the molecule is CN(C)c1cccc(CNC(=O)c2ccc(S(=O)(=O)NC(C)(C)C)cc2)c1. The van der Waals surface area contributed by atoms with Crippen molar-refractivity contribution in [2.45, 2.75) is 37.8 Å². The van der Waals surface area contributed by atoms with Crippen LogP contribution in [0.1, 0.15) is 36.7 Å². The molecule has 1 amide bonds. The van der Waals surface area contributed by atoms with Gasteiger partial charge in [-0.3, -0.25) is 4.79 Å². The zero-order valence-corrected chi connectivity index (χ0v) is 17.2. The van der Waals surface area contributed by atoms with Crippen molar-refractivity contribution >= 4 is 21.6 Å². The summed E-state index contributed by atoms with van der Waals surface area (Å²) in [5, 5.41) is 2.86. The lowest BCUT2D eigenvalue weighted by Gasteiger charge is -2.20. The lowest BCUT2D eigenvalue weighted by atomic mass is 10.1. The molecule has 2 aromatic rings. The Balaban J connectivity index is 2.05. The highest BCUT2D eigenvalue weighted by molar-refractivity contribution is 7.89. The van der Waals surface area contributed by atoms with E-state index in [2.05, 4.69) is 10.0 Å². The van der Waals surface area contributed by atoms with Gasteiger partial charge in [0.05, 0.1) is 4.90 Å². The molecule has 0 atom stereocenters. The summed E-state index contributed by atoms with van der Waals surface area (Å²) in [4.78, 5) is 14.5. The third-order valence-electron chi connectivity index (χ3n) is 3.75. The van der Waals surface area contributed by atoms with E-state index in [-0.39, 0.29) is 10.8 Å². The third-order valence-corrected chi connectivity index (χ3v) is 5.52. The molecule has 0 aromatic heterocycles. The minimum absolute atomic E-state index is 0.132. The zero-order chi connectivity index (χ0) is 20.2. The first-order chi connectivity index (χ1) is 12.5. The standard InChI is InChI=1S/C20H27N3O3S/c1-20(2,3)22-27(25,26)18-11-9-16(10-12-18)19(24)21-14-15-7-6-8-17(13-15)23(4)5/h6-13,22H,14H2,1-5H3,(H,21,24). The molecule has 0 aliphatic heterocycles. The van der Waals surface area contributed by atoms with Crippen molar-refractivity contribution in [3.8, 4) is 0 Å². The van der Waals surface area contributed by atoms with Crippen LogP contribution in [0.4, 0.5) is 5.69 Å². The van der Waals surface area contributed by atoms with Gasteiger partial charge in [-0.15, -0.1) is 0 Å². The molecule has 0 spiro atoms. The molecule has 0 aliphatic carbocycles. The predicted molar refractivity (Wildman–Crippen MR) is 108 cm³/mol. The first kappa shape index (κ1) is 20.9. The van der Waals surface area contributed by atoms with Gasteiger partial charge in [0.15, 0.2) is 0 Å². The molecule has 27 heavy (non-hydrogen) atoms. The summed E-state index contributed by atoms with van der Waals surface area (Å²) in [5.41, 5.74) is 1.88. The lowest BCUT2D eigenvalue weighted by molar-refractivity contribution is 0.0951. The smallest absolute Gasteiger partial charge is 0.251 e. The summed E-state index contributed by atoms with van der Waals surface area (Å²) in [6.45, 7) is 5.72. The Morgan fingerprint density at radius 1 is 1.04 bits per heavy atom. The first-order valence-electron chi connectivity index (χ1n) is 8.66. The maximum absolute atomic E-state index is 12.3. The number of rotatable bonds is 6. The van der Waals surface area contributed by atoms with E-state index in [9.17, 15) is 13.2 Å². The number of carbonyl (C=O) groups excluding carboxylic acids is 1. The highest BCUT2D eigenvalue weighted by atomic mass is 32.2. The molecular weight excluding hydrogens is 362 g/mol. The molecule has 2 N–H and O–H groups in total. The number of nitrogens with zero attached hydrogens (tertiary/aromatic N) is 1. The van der Waals surface area contributed by atoms with Crippen LogP contribution in [0.15, 0.2) is 53.4 Å². The molecule has 0 saturated heterocycles. The lowest BCUT2D eigenvalue weighted by Crippen LogP contribution is -2.40. The number of anilines is 1. The second-order valence-corrected chi connectivity index (χ2v) is 9.31. The number of carbonyl (C=O) groups is 1. The zero-order valence-electron chi connectivity index (χ0n) is 16.4. The van der Waals surface area contributed by atoms with Gasteiger partial charge in [0.25, 0.3) is 5.91 Å². The van der Waals surface area contributed by atoms with Gasteiger partial charge in [0, 0.05) is 37.4 Å². The Kier molecular flexibility index (Phi) is 6.28. The molecule has 2 rings (SSSR count). The number of hydrogen-bond donors (Lipinski definition) is 2. The Labute approximate surface area is 161 Å². The minimum Gasteiger partial charge on any atom is -0.378 e. The summed E-state index contributed by atoms with van der Waals surface area (Å²) in [6, 6.07) is 13.8. The highest BCUT2D eigenvalue weighted by Crippen LogP contribution is 2.15. The van der Waals surface area contributed by atoms with Crippen LogP contribution in [0.5, 0.6) is 0 Å². The third kappa shape index (κ3) is 6.08. The van der Waals surface area contributed by atoms with Crippen molar-refractivity contribution in [3.05, 3.63) is 59.7 Å². The molecule has 6 nitrogen and oxygen atoms in total. The summed E-state index contributed by atoms with van der Waals surface area (Å²) in [7, 11) is 0.305. The van der Waals surface area contributed by atoms with E-state index in [0.717, 1.165) is 11.3 Å². The fourth-order valence-corrected chi connectivity index (χ4v) is 3.89. The molecule has 0 saturated carbocycles. The summed E-state index contributed by atoms with van der Waals surface area (Å²) < 4.78 is 27.2. The quantitative estimate of drug-likeness (QED) is 0.796. The fourth-order valence-electron chi connectivity index (χ4n) is 2.48. The number of amides is 1. The van der Waals surface area contributed by atoms with Gasteiger partial charge in [-0.2, -0.15) is 0 Å². The van der Waals surface area contributed by atoms with E-state index in [1.807, 2.05) is 43.3 Å². The Hall–Kier alpha value is -2.38. The van der Waals surface area contributed by atoms with Crippen LogP contribution >= 0.6 is 0 Å². The van der Waals surface area contributed by atoms with Crippen molar-refractivity contribution in [2.75, 3.05) is 19.0 Å². The second-order valence-electron chi connectivity index (χ2n) is 7.63. The van der Waals surface area contributed by atoms with Crippen LogP contribution < -0.4 is 14.9 Å². The van der Waals surface area contributed by atoms with Crippen LogP contribution in [-0.2, 0) is 16.6 Å². The summed E-state index contributed by atoms with van der Waals surface area (Å²) in [6.07, 6.45) is 0. The van der Waals surface area contributed by atoms with Gasteiger partial charge in [-0.05, 0) is 62.7 Å². The number of benzene rings is 2. The molecule has 0 aliphatic rings. The maximum atomic E-state index is 12.3. The van der Waals surface area contributed by atoms with Gasteiger partial charge >= 0.3 is 0 Å². The van der Waals surface area contributed by atoms with Crippen LogP contribution in [0.2, 0.25) is 0 Å². The van der Waals surface area contributed by atoms with Crippen LogP contribution in [0.25, 0.3) is 0 Å². The summed E-state index contributed by atoms with van der Waals surface area (Å²) in [5.74, 6) is -0.252. The molecule has 0 heterocycles.